The first kappa shape index (κ1) is 12.9. The van der Waals surface area contributed by atoms with Crippen molar-refractivity contribution in [3.63, 3.8) is 0 Å². The topological polar surface area (TPSA) is 38.0 Å². The molecule has 0 spiro atoms. The van der Waals surface area contributed by atoms with Crippen molar-refractivity contribution in [3.8, 4) is 0 Å². The van der Waals surface area contributed by atoms with Crippen LogP contribution in [0.15, 0.2) is 23.9 Å². The highest BCUT2D eigenvalue weighted by Crippen LogP contribution is 1.91. The van der Waals surface area contributed by atoms with E-state index >= 15 is 0 Å². The molecule has 0 fully saturated rings. The van der Waals surface area contributed by atoms with Crippen LogP contribution in [0.4, 0.5) is 0 Å². The Hall–Kier alpha value is -0.760. The molecule has 2 heteroatoms. The van der Waals surface area contributed by atoms with Gasteiger partial charge in [-0.05, 0) is 31.8 Å². The Labute approximate surface area is 70.2 Å². The Bertz CT molecular complexity index is 115. The zero-order valence-corrected chi connectivity index (χ0v) is 8.02. The first-order chi connectivity index (χ1) is 5.35. The van der Waals surface area contributed by atoms with E-state index in [0.29, 0.717) is 0 Å². The van der Waals surface area contributed by atoms with Gasteiger partial charge in [-0.1, -0.05) is 19.9 Å². The molecule has 0 rings (SSSR count). The summed E-state index contributed by atoms with van der Waals surface area (Å²) in [5.41, 5.74) is 6.39. The zero-order valence-electron chi connectivity index (χ0n) is 8.02. The molecule has 0 saturated carbocycles. The highest BCUT2D eigenvalue weighted by Gasteiger charge is 1.83. The predicted molar refractivity (Wildman–Crippen MR) is 52.4 cm³/mol. The van der Waals surface area contributed by atoms with E-state index in [1.165, 1.54) is 5.57 Å². The van der Waals surface area contributed by atoms with E-state index in [1.54, 1.807) is 6.20 Å². The van der Waals surface area contributed by atoms with Gasteiger partial charge < -0.3 is 11.1 Å². The minimum atomic E-state index is 0.879. The maximum atomic E-state index is 5.19. The Morgan fingerprint density at radius 2 is 2.00 bits per heavy atom. The van der Waals surface area contributed by atoms with E-state index in [1.807, 2.05) is 40.0 Å². The number of hydrogen-bond donors (Lipinski definition) is 2. The van der Waals surface area contributed by atoms with Crippen LogP contribution in [-0.4, -0.2) is 13.6 Å². The first-order valence-corrected chi connectivity index (χ1v) is 4.03. The molecule has 0 amide bonds. The number of nitrogens with two attached hydrogens (primary N) is 1. The maximum Gasteiger partial charge on any atom is 0.0199 e. The van der Waals surface area contributed by atoms with Gasteiger partial charge in [-0.25, -0.2) is 0 Å². The molecule has 11 heavy (non-hydrogen) atoms. The Kier molecular flexibility index (Phi) is 14.0. The fourth-order valence-corrected chi connectivity index (χ4v) is 0.585. The fourth-order valence-electron chi connectivity index (χ4n) is 0.585. The van der Waals surface area contributed by atoms with Gasteiger partial charge in [-0.2, -0.15) is 0 Å². The lowest BCUT2D eigenvalue weighted by atomic mass is 10.2. The van der Waals surface area contributed by atoms with Crippen LogP contribution in [-0.2, 0) is 0 Å². The second-order valence-electron chi connectivity index (χ2n) is 1.75. The minimum absolute atomic E-state index is 0.879. The number of likely N-dealkylation sites (N-methyl/N-ethyl adjacent to an activating group) is 1. The number of rotatable bonds is 3. The van der Waals surface area contributed by atoms with Crippen molar-refractivity contribution in [1.29, 1.82) is 0 Å². The summed E-state index contributed by atoms with van der Waals surface area (Å²) < 4.78 is 0. The molecule has 0 aromatic heterocycles. The van der Waals surface area contributed by atoms with Crippen molar-refractivity contribution in [2.75, 3.05) is 13.6 Å². The van der Waals surface area contributed by atoms with Crippen molar-refractivity contribution in [2.24, 2.45) is 5.73 Å². The molecule has 0 bridgehead atoms. The second-order valence-corrected chi connectivity index (χ2v) is 1.75. The molecule has 3 N–H and O–H groups in total. The van der Waals surface area contributed by atoms with Crippen LogP contribution in [0.1, 0.15) is 20.8 Å². The average Bonchev–Trinajstić information content (AvgIpc) is 2.08. The molecule has 0 aliphatic rings. The first-order valence-electron chi connectivity index (χ1n) is 4.03. The van der Waals surface area contributed by atoms with E-state index in [2.05, 4.69) is 5.32 Å². The molecule has 0 aromatic carbocycles. The third-order valence-corrected chi connectivity index (χ3v) is 1.06. The van der Waals surface area contributed by atoms with Gasteiger partial charge in [0.25, 0.3) is 0 Å². The molecule has 0 aromatic rings. The summed E-state index contributed by atoms with van der Waals surface area (Å²) in [6.45, 7) is 6.87. The number of hydrogen-bond acceptors (Lipinski definition) is 2. The second kappa shape index (κ2) is 12.0. The molecule has 66 valence electrons. The third kappa shape index (κ3) is 9.24. The molecule has 0 heterocycles. The monoisotopic (exact) mass is 156 g/mol. The summed E-state index contributed by atoms with van der Waals surface area (Å²) in [6, 6.07) is 0. The molecule has 2 nitrogen and oxygen atoms in total. The molecular weight excluding hydrogens is 136 g/mol. The van der Waals surface area contributed by atoms with Gasteiger partial charge in [0.1, 0.15) is 0 Å². The highest BCUT2D eigenvalue weighted by atomic mass is 14.8. The van der Waals surface area contributed by atoms with Crippen molar-refractivity contribution in [2.45, 2.75) is 20.8 Å². The summed E-state index contributed by atoms with van der Waals surface area (Å²) in [4.78, 5) is 0. The summed E-state index contributed by atoms with van der Waals surface area (Å²) in [5.74, 6) is 0. The van der Waals surface area contributed by atoms with Gasteiger partial charge in [-0.3, -0.25) is 0 Å². The smallest absolute Gasteiger partial charge is 0.0199 e. The van der Waals surface area contributed by atoms with Crippen LogP contribution < -0.4 is 11.1 Å². The normalized spacial score (nSPS) is 11.1. The Morgan fingerprint density at radius 1 is 1.45 bits per heavy atom. The van der Waals surface area contributed by atoms with Gasteiger partial charge in [0.05, 0.1) is 0 Å². The van der Waals surface area contributed by atoms with Crippen LogP contribution in [0.25, 0.3) is 0 Å². The third-order valence-electron chi connectivity index (χ3n) is 1.06. The average molecular weight is 156 g/mol. The van der Waals surface area contributed by atoms with Crippen LogP contribution in [0.5, 0.6) is 0 Å². The van der Waals surface area contributed by atoms with E-state index < -0.39 is 0 Å². The molecule has 0 saturated heterocycles. The van der Waals surface area contributed by atoms with Crippen LogP contribution in [0.2, 0.25) is 0 Å². The Balaban J connectivity index is 0. The predicted octanol–water partition coefficient (Wildman–Crippen LogP) is 1.65. The largest absolute Gasteiger partial charge is 0.405 e. The summed E-state index contributed by atoms with van der Waals surface area (Å²) in [7, 11) is 1.91. The summed E-state index contributed by atoms with van der Waals surface area (Å²) in [6.07, 6.45) is 5.46. The Morgan fingerprint density at radius 3 is 2.27 bits per heavy atom. The van der Waals surface area contributed by atoms with E-state index in [9.17, 15) is 0 Å². The molecular formula is C9H20N2. The van der Waals surface area contributed by atoms with Crippen LogP contribution in [0.3, 0.4) is 0 Å². The lowest BCUT2D eigenvalue weighted by Gasteiger charge is -1.96. The van der Waals surface area contributed by atoms with Crippen molar-refractivity contribution < 1.29 is 0 Å². The lowest BCUT2D eigenvalue weighted by Crippen LogP contribution is -2.09. The fraction of sp³-hybridized carbons (Fsp3) is 0.556. The molecule has 0 aliphatic carbocycles. The molecule has 0 unspecified atom stereocenters. The highest BCUT2D eigenvalue weighted by molar-refractivity contribution is 5.18. The van der Waals surface area contributed by atoms with E-state index in [-0.39, 0.29) is 0 Å². The molecule has 0 aliphatic heterocycles. The molecule has 0 atom stereocenters. The summed E-state index contributed by atoms with van der Waals surface area (Å²) in [5, 5.41) is 3.03. The van der Waals surface area contributed by atoms with Crippen molar-refractivity contribution in [1.82, 2.24) is 5.32 Å². The van der Waals surface area contributed by atoms with Gasteiger partial charge in [0.15, 0.2) is 0 Å². The van der Waals surface area contributed by atoms with Crippen LogP contribution >= 0.6 is 0 Å². The van der Waals surface area contributed by atoms with Crippen molar-refractivity contribution >= 4 is 0 Å². The lowest BCUT2D eigenvalue weighted by molar-refractivity contribution is 0.893. The van der Waals surface area contributed by atoms with E-state index in [0.717, 1.165) is 6.54 Å². The SMILES string of the molecule is C/C=C(\C=C/N)CNC.CC. The number of allylic oxidation sites excluding steroid dienone is 1. The van der Waals surface area contributed by atoms with Crippen molar-refractivity contribution in [3.05, 3.63) is 23.9 Å². The maximum absolute atomic E-state index is 5.19. The minimum Gasteiger partial charge on any atom is -0.405 e. The van der Waals surface area contributed by atoms with E-state index in [4.69, 9.17) is 5.73 Å². The van der Waals surface area contributed by atoms with Crippen LogP contribution in [0, 0.1) is 0 Å². The number of nitrogens with one attached hydrogen (secondary N) is 1. The molecule has 0 radical (unpaired) electrons. The van der Waals surface area contributed by atoms with Gasteiger partial charge in [0, 0.05) is 6.54 Å². The summed E-state index contributed by atoms with van der Waals surface area (Å²) >= 11 is 0. The standard InChI is InChI=1S/C7H14N2.C2H6/c1-3-7(4-5-8)6-9-2;1-2/h3-5,9H,6,8H2,1-2H3;1-2H3/b5-4-,7-3+;. The zero-order chi connectivity index (χ0) is 9.11. The van der Waals surface area contributed by atoms with Gasteiger partial charge in [0.2, 0.25) is 0 Å². The van der Waals surface area contributed by atoms with Gasteiger partial charge >= 0.3 is 0 Å². The van der Waals surface area contributed by atoms with Gasteiger partial charge in [-0.15, -0.1) is 0 Å². The quantitative estimate of drug-likeness (QED) is 0.610.